The molecular formula is C15H24N2O2. The number of hydrogen-bond donors (Lipinski definition) is 1. The van der Waals surface area contributed by atoms with E-state index in [4.69, 9.17) is 9.47 Å². The van der Waals surface area contributed by atoms with Crippen LogP contribution >= 0.6 is 0 Å². The summed E-state index contributed by atoms with van der Waals surface area (Å²) in [4.78, 5) is 4.35. The normalized spacial score (nSPS) is 27.2. The Morgan fingerprint density at radius 1 is 1.37 bits per heavy atom. The zero-order valence-electron chi connectivity index (χ0n) is 12.1. The molecule has 4 nitrogen and oxygen atoms in total. The molecule has 2 unspecified atom stereocenters. The van der Waals surface area contributed by atoms with Gasteiger partial charge in [-0.05, 0) is 45.7 Å². The summed E-state index contributed by atoms with van der Waals surface area (Å²) in [6, 6.07) is 4.03. The average molecular weight is 264 g/mol. The molecule has 2 atom stereocenters. The van der Waals surface area contributed by atoms with Crippen molar-refractivity contribution in [3.63, 3.8) is 0 Å². The van der Waals surface area contributed by atoms with E-state index < -0.39 is 0 Å². The monoisotopic (exact) mass is 264 g/mol. The van der Waals surface area contributed by atoms with Crippen LogP contribution in [0.15, 0.2) is 18.3 Å². The van der Waals surface area contributed by atoms with Crippen LogP contribution in [0, 0.1) is 0 Å². The standard InChI is InChI=1S/C15H24N2O2/c1-4-16-13-5-6-17-14(9-13)10-18-15-7-11(2)19-12(3)8-15/h5-6,9,11-12,15H,4,7-8,10H2,1-3H3,(H,16,17). The average Bonchev–Trinajstić information content (AvgIpc) is 2.36. The molecule has 106 valence electrons. The second kappa shape index (κ2) is 6.87. The molecule has 0 aromatic carbocycles. The SMILES string of the molecule is CCNc1ccnc(COC2CC(C)OC(C)C2)c1. The molecule has 1 aromatic heterocycles. The van der Waals surface area contributed by atoms with Crippen LogP contribution < -0.4 is 5.32 Å². The molecule has 2 rings (SSSR count). The molecule has 1 aromatic rings. The predicted molar refractivity (Wildman–Crippen MR) is 76.2 cm³/mol. The van der Waals surface area contributed by atoms with Crippen molar-refractivity contribution in [3.05, 3.63) is 24.0 Å². The highest BCUT2D eigenvalue weighted by molar-refractivity contribution is 5.42. The van der Waals surface area contributed by atoms with E-state index in [0.717, 1.165) is 30.8 Å². The van der Waals surface area contributed by atoms with Gasteiger partial charge in [0.1, 0.15) is 0 Å². The quantitative estimate of drug-likeness (QED) is 0.888. The first kappa shape index (κ1) is 14.3. The number of nitrogens with zero attached hydrogens (tertiary/aromatic N) is 1. The molecule has 0 amide bonds. The molecule has 0 aliphatic carbocycles. The van der Waals surface area contributed by atoms with Crippen molar-refractivity contribution in [2.45, 2.75) is 58.5 Å². The van der Waals surface area contributed by atoms with Gasteiger partial charge in [-0.15, -0.1) is 0 Å². The van der Waals surface area contributed by atoms with Gasteiger partial charge < -0.3 is 14.8 Å². The molecule has 1 saturated heterocycles. The van der Waals surface area contributed by atoms with E-state index in [1.807, 2.05) is 12.3 Å². The molecule has 0 saturated carbocycles. The Hall–Kier alpha value is -1.13. The third-order valence-corrected chi connectivity index (χ3v) is 3.32. The fourth-order valence-electron chi connectivity index (χ4n) is 2.55. The predicted octanol–water partition coefficient (Wildman–Crippen LogP) is 2.99. The van der Waals surface area contributed by atoms with Gasteiger partial charge in [0.05, 0.1) is 30.6 Å². The molecule has 1 N–H and O–H groups in total. The number of anilines is 1. The van der Waals surface area contributed by atoms with E-state index in [-0.39, 0.29) is 18.3 Å². The van der Waals surface area contributed by atoms with Gasteiger partial charge in [0, 0.05) is 18.4 Å². The minimum absolute atomic E-state index is 0.281. The summed E-state index contributed by atoms with van der Waals surface area (Å²) in [6.07, 6.45) is 4.62. The summed E-state index contributed by atoms with van der Waals surface area (Å²) in [5.41, 5.74) is 2.08. The first-order valence-electron chi connectivity index (χ1n) is 7.13. The van der Waals surface area contributed by atoms with Crippen LogP contribution in [0.25, 0.3) is 0 Å². The lowest BCUT2D eigenvalue weighted by atomic mass is 10.0. The minimum atomic E-state index is 0.281. The van der Waals surface area contributed by atoms with Crippen molar-refractivity contribution < 1.29 is 9.47 Å². The van der Waals surface area contributed by atoms with E-state index in [1.165, 1.54) is 0 Å². The zero-order chi connectivity index (χ0) is 13.7. The fourth-order valence-corrected chi connectivity index (χ4v) is 2.55. The summed E-state index contributed by atoms with van der Waals surface area (Å²) in [5, 5.41) is 3.28. The van der Waals surface area contributed by atoms with Crippen molar-refractivity contribution in [3.8, 4) is 0 Å². The lowest BCUT2D eigenvalue weighted by Gasteiger charge is -2.31. The van der Waals surface area contributed by atoms with Crippen LogP contribution in [0.1, 0.15) is 39.3 Å². The smallest absolute Gasteiger partial charge is 0.0892 e. The molecule has 1 fully saturated rings. The summed E-state index contributed by atoms with van der Waals surface area (Å²) in [6.45, 7) is 7.79. The largest absolute Gasteiger partial charge is 0.385 e. The van der Waals surface area contributed by atoms with Gasteiger partial charge in [-0.3, -0.25) is 4.98 Å². The summed E-state index contributed by atoms with van der Waals surface area (Å²) in [5.74, 6) is 0. The summed E-state index contributed by atoms with van der Waals surface area (Å²) in [7, 11) is 0. The molecular weight excluding hydrogens is 240 g/mol. The lowest BCUT2D eigenvalue weighted by molar-refractivity contribution is -0.106. The van der Waals surface area contributed by atoms with Gasteiger partial charge in [-0.25, -0.2) is 0 Å². The van der Waals surface area contributed by atoms with Crippen molar-refractivity contribution in [1.82, 2.24) is 4.98 Å². The zero-order valence-corrected chi connectivity index (χ0v) is 12.1. The fraction of sp³-hybridized carbons (Fsp3) is 0.667. The van der Waals surface area contributed by atoms with Crippen molar-refractivity contribution in [1.29, 1.82) is 0 Å². The second-order valence-electron chi connectivity index (χ2n) is 5.23. The maximum atomic E-state index is 5.97. The molecule has 4 heteroatoms. The van der Waals surface area contributed by atoms with Crippen LogP contribution in [0.3, 0.4) is 0 Å². The van der Waals surface area contributed by atoms with Crippen LogP contribution in [0.5, 0.6) is 0 Å². The minimum Gasteiger partial charge on any atom is -0.385 e. The van der Waals surface area contributed by atoms with Gasteiger partial charge in [0.2, 0.25) is 0 Å². The summed E-state index contributed by atoms with van der Waals surface area (Å²) >= 11 is 0. The highest BCUT2D eigenvalue weighted by atomic mass is 16.5. The molecule has 2 heterocycles. The number of aromatic nitrogens is 1. The molecule has 0 radical (unpaired) electrons. The Morgan fingerprint density at radius 3 is 2.79 bits per heavy atom. The van der Waals surface area contributed by atoms with E-state index in [9.17, 15) is 0 Å². The van der Waals surface area contributed by atoms with E-state index >= 15 is 0 Å². The maximum absolute atomic E-state index is 5.97. The molecule has 0 spiro atoms. The Kier molecular flexibility index (Phi) is 5.16. The molecule has 1 aliphatic rings. The van der Waals surface area contributed by atoms with Crippen LogP contribution in [0.2, 0.25) is 0 Å². The molecule has 1 aliphatic heterocycles. The van der Waals surface area contributed by atoms with Gasteiger partial charge in [-0.1, -0.05) is 0 Å². The number of rotatable bonds is 5. The first-order chi connectivity index (χ1) is 9.17. The van der Waals surface area contributed by atoms with Crippen LogP contribution in [-0.4, -0.2) is 29.8 Å². The number of nitrogens with one attached hydrogen (secondary N) is 1. The van der Waals surface area contributed by atoms with E-state index in [1.54, 1.807) is 0 Å². The lowest BCUT2D eigenvalue weighted by Crippen LogP contribution is -2.34. The van der Waals surface area contributed by atoms with Crippen molar-refractivity contribution >= 4 is 5.69 Å². The van der Waals surface area contributed by atoms with Gasteiger partial charge >= 0.3 is 0 Å². The number of ether oxygens (including phenoxy) is 2. The highest BCUT2D eigenvalue weighted by Gasteiger charge is 2.24. The van der Waals surface area contributed by atoms with Crippen molar-refractivity contribution in [2.75, 3.05) is 11.9 Å². The Labute approximate surface area is 115 Å². The number of hydrogen-bond acceptors (Lipinski definition) is 4. The van der Waals surface area contributed by atoms with Crippen LogP contribution in [-0.2, 0) is 16.1 Å². The Morgan fingerprint density at radius 2 is 2.11 bits per heavy atom. The topological polar surface area (TPSA) is 43.4 Å². The Balaban J connectivity index is 1.86. The number of pyridine rings is 1. The van der Waals surface area contributed by atoms with E-state index in [2.05, 4.69) is 37.1 Å². The third kappa shape index (κ3) is 4.48. The molecule has 19 heavy (non-hydrogen) atoms. The van der Waals surface area contributed by atoms with Gasteiger partial charge in [0.15, 0.2) is 0 Å². The second-order valence-corrected chi connectivity index (χ2v) is 5.23. The van der Waals surface area contributed by atoms with Gasteiger partial charge in [-0.2, -0.15) is 0 Å². The summed E-state index contributed by atoms with van der Waals surface area (Å²) < 4.78 is 11.7. The van der Waals surface area contributed by atoms with E-state index in [0.29, 0.717) is 6.61 Å². The molecule has 0 bridgehead atoms. The maximum Gasteiger partial charge on any atom is 0.0892 e. The van der Waals surface area contributed by atoms with Crippen LogP contribution in [0.4, 0.5) is 5.69 Å². The van der Waals surface area contributed by atoms with Gasteiger partial charge in [0.25, 0.3) is 0 Å². The first-order valence-corrected chi connectivity index (χ1v) is 7.13. The Bertz CT molecular complexity index is 387. The highest BCUT2D eigenvalue weighted by Crippen LogP contribution is 2.22. The van der Waals surface area contributed by atoms with Crippen molar-refractivity contribution in [2.24, 2.45) is 0 Å². The third-order valence-electron chi connectivity index (χ3n) is 3.32.